The van der Waals surface area contributed by atoms with E-state index in [4.69, 9.17) is 10.2 Å². The van der Waals surface area contributed by atoms with Gasteiger partial charge in [-0.2, -0.15) is 0 Å². The Morgan fingerprint density at radius 1 is 1.40 bits per heavy atom. The zero-order valence-corrected chi connectivity index (χ0v) is 8.20. The van der Waals surface area contributed by atoms with Crippen LogP contribution in [0.3, 0.4) is 0 Å². The first-order valence-corrected chi connectivity index (χ1v) is 4.31. The number of hydrogen-bond acceptors (Lipinski definition) is 6. The Balaban J connectivity index is 4.60. The molecule has 0 radical (unpaired) electrons. The van der Waals surface area contributed by atoms with E-state index in [0.29, 0.717) is 0 Å². The van der Waals surface area contributed by atoms with Gasteiger partial charge in [-0.1, -0.05) is 0 Å². The maximum atomic E-state index is 10.7. The SMILES string of the molecule is CC(=O)N[C@H]([C@H](O)[C@@H](O)C=O)[C@H](O)CO. The van der Waals surface area contributed by atoms with Crippen LogP contribution in [0.4, 0.5) is 0 Å². The van der Waals surface area contributed by atoms with Crippen LogP contribution in [0.5, 0.6) is 0 Å². The van der Waals surface area contributed by atoms with E-state index in [0.717, 1.165) is 6.92 Å². The molecule has 7 nitrogen and oxygen atoms in total. The lowest BCUT2D eigenvalue weighted by atomic mass is 10.0. The molecule has 1 amide bonds. The summed E-state index contributed by atoms with van der Waals surface area (Å²) in [7, 11) is 0. The number of aldehydes is 1. The Hall–Kier alpha value is -1.02. The number of amides is 1. The first-order chi connectivity index (χ1) is 6.93. The Labute approximate surface area is 86.3 Å². The van der Waals surface area contributed by atoms with Crippen LogP contribution in [0.1, 0.15) is 6.92 Å². The van der Waals surface area contributed by atoms with Gasteiger partial charge < -0.3 is 30.5 Å². The second-order valence-corrected chi connectivity index (χ2v) is 3.09. The Bertz CT molecular complexity index is 221. The van der Waals surface area contributed by atoms with Gasteiger partial charge in [0.1, 0.15) is 12.2 Å². The van der Waals surface area contributed by atoms with Crippen molar-refractivity contribution in [1.29, 1.82) is 0 Å². The summed E-state index contributed by atoms with van der Waals surface area (Å²) < 4.78 is 0. The fourth-order valence-corrected chi connectivity index (χ4v) is 1.05. The van der Waals surface area contributed by atoms with E-state index in [1.807, 2.05) is 0 Å². The molecule has 88 valence electrons. The molecule has 0 rings (SSSR count). The highest BCUT2D eigenvalue weighted by molar-refractivity contribution is 5.73. The van der Waals surface area contributed by atoms with Gasteiger partial charge >= 0.3 is 0 Å². The van der Waals surface area contributed by atoms with Gasteiger partial charge in [0.05, 0.1) is 18.8 Å². The molecule has 0 saturated carbocycles. The quantitative estimate of drug-likeness (QED) is 0.300. The van der Waals surface area contributed by atoms with Crippen LogP contribution in [0.2, 0.25) is 0 Å². The molecule has 0 fully saturated rings. The second-order valence-electron chi connectivity index (χ2n) is 3.09. The lowest BCUT2D eigenvalue weighted by Crippen LogP contribution is -2.55. The van der Waals surface area contributed by atoms with E-state index >= 15 is 0 Å². The van der Waals surface area contributed by atoms with Crippen molar-refractivity contribution in [2.75, 3.05) is 6.61 Å². The fourth-order valence-electron chi connectivity index (χ4n) is 1.05. The molecular weight excluding hydrogens is 206 g/mol. The highest BCUT2D eigenvalue weighted by atomic mass is 16.3. The maximum Gasteiger partial charge on any atom is 0.217 e. The summed E-state index contributed by atoms with van der Waals surface area (Å²) in [5, 5.41) is 38.3. The normalized spacial score (nSPS) is 18.7. The van der Waals surface area contributed by atoms with E-state index < -0.39 is 36.9 Å². The van der Waals surface area contributed by atoms with Crippen LogP contribution in [0.15, 0.2) is 0 Å². The molecular formula is C8H15NO6. The lowest BCUT2D eigenvalue weighted by molar-refractivity contribution is -0.129. The summed E-state index contributed by atoms with van der Waals surface area (Å²) in [6.07, 6.45) is -4.79. The number of hydrogen-bond donors (Lipinski definition) is 5. The summed E-state index contributed by atoms with van der Waals surface area (Å²) in [6.45, 7) is 0.421. The molecule has 0 aromatic rings. The molecule has 7 heteroatoms. The molecule has 0 unspecified atom stereocenters. The molecule has 0 aliphatic rings. The van der Waals surface area contributed by atoms with Crippen molar-refractivity contribution in [3.05, 3.63) is 0 Å². The molecule has 0 saturated heterocycles. The van der Waals surface area contributed by atoms with Gasteiger partial charge in [-0.15, -0.1) is 0 Å². The molecule has 5 N–H and O–H groups in total. The van der Waals surface area contributed by atoms with Gasteiger partial charge in [0, 0.05) is 6.92 Å². The summed E-state index contributed by atoms with van der Waals surface area (Å²) in [5.41, 5.74) is 0. The first kappa shape index (κ1) is 14.0. The minimum Gasteiger partial charge on any atom is -0.394 e. The number of carbonyl (C=O) groups is 2. The average molecular weight is 221 g/mol. The predicted octanol–water partition coefficient (Wildman–Crippen LogP) is -3.23. The molecule has 0 heterocycles. The van der Waals surface area contributed by atoms with Crippen molar-refractivity contribution >= 4 is 12.2 Å². The predicted molar refractivity (Wildman–Crippen MR) is 48.8 cm³/mol. The number of carbonyl (C=O) groups excluding carboxylic acids is 2. The van der Waals surface area contributed by atoms with Gasteiger partial charge in [0.2, 0.25) is 5.91 Å². The van der Waals surface area contributed by atoms with E-state index in [2.05, 4.69) is 5.32 Å². The summed E-state index contributed by atoms with van der Waals surface area (Å²) in [6, 6.07) is -1.30. The van der Waals surface area contributed by atoms with Crippen molar-refractivity contribution in [1.82, 2.24) is 5.32 Å². The highest BCUT2D eigenvalue weighted by Crippen LogP contribution is 2.04. The van der Waals surface area contributed by atoms with Crippen molar-refractivity contribution in [3.63, 3.8) is 0 Å². The summed E-state index contributed by atoms with van der Waals surface area (Å²) in [4.78, 5) is 20.9. The average Bonchev–Trinajstić information content (AvgIpc) is 2.22. The van der Waals surface area contributed by atoms with Gasteiger partial charge in [0.15, 0.2) is 6.29 Å². The van der Waals surface area contributed by atoms with Crippen LogP contribution in [0.25, 0.3) is 0 Å². The number of rotatable bonds is 6. The zero-order valence-electron chi connectivity index (χ0n) is 8.20. The van der Waals surface area contributed by atoms with Crippen molar-refractivity contribution in [2.45, 2.75) is 31.3 Å². The molecule has 0 bridgehead atoms. The van der Waals surface area contributed by atoms with Gasteiger partial charge in [-0.25, -0.2) is 0 Å². The molecule has 0 aliphatic heterocycles. The van der Waals surface area contributed by atoms with Crippen LogP contribution < -0.4 is 5.32 Å². The van der Waals surface area contributed by atoms with Crippen molar-refractivity contribution in [2.24, 2.45) is 0 Å². The molecule has 15 heavy (non-hydrogen) atoms. The summed E-state index contributed by atoms with van der Waals surface area (Å²) in [5.74, 6) is -0.565. The number of aliphatic hydroxyl groups is 4. The van der Waals surface area contributed by atoms with Gasteiger partial charge in [-0.3, -0.25) is 4.79 Å². The van der Waals surface area contributed by atoms with E-state index in [-0.39, 0.29) is 6.29 Å². The molecule has 0 aliphatic carbocycles. The molecule has 4 atom stereocenters. The Kier molecular flexibility index (Phi) is 6.02. The van der Waals surface area contributed by atoms with Gasteiger partial charge in [-0.05, 0) is 0 Å². The summed E-state index contributed by atoms with van der Waals surface area (Å²) >= 11 is 0. The van der Waals surface area contributed by atoms with E-state index in [9.17, 15) is 19.8 Å². The van der Waals surface area contributed by atoms with Crippen molar-refractivity contribution in [3.8, 4) is 0 Å². The van der Waals surface area contributed by atoms with Crippen molar-refractivity contribution < 1.29 is 30.0 Å². The number of aliphatic hydroxyl groups excluding tert-OH is 4. The lowest BCUT2D eigenvalue weighted by Gasteiger charge is -2.28. The molecule has 0 spiro atoms. The van der Waals surface area contributed by atoms with Crippen LogP contribution in [-0.2, 0) is 9.59 Å². The van der Waals surface area contributed by atoms with Crippen LogP contribution in [-0.4, -0.2) is 63.6 Å². The largest absolute Gasteiger partial charge is 0.394 e. The standard InChI is InChI=1S/C8H15NO6/c1-4(12)9-7(5(13)2-10)8(15)6(14)3-11/h3,5-8,10,13-15H,2H2,1H3,(H,9,12)/t5-,6+,7+,8-/m1/s1. The second kappa shape index (κ2) is 6.46. The minimum absolute atomic E-state index is 0.0730. The van der Waals surface area contributed by atoms with E-state index in [1.165, 1.54) is 0 Å². The zero-order chi connectivity index (χ0) is 12.0. The van der Waals surface area contributed by atoms with Gasteiger partial charge in [0.25, 0.3) is 0 Å². The third-order valence-corrected chi connectivity index (χ3v) is 1.83. The number of nitrogens with one attached hydrogen (secondary N) is 1. The first-order valence-electron chi connectivity index (χ1n) is 4.31. The topological polar surface area (TPSA) is 127 Å². The van der Waals surface area contributed by atoms with Crippen LogP contribution >= 0.6 is 0 Å². The smallest absolute Gasteiger partial charge is 0.217 e. The monoisotopic (exact) mass is 221 g/mol. The highest BCUT2D eigenvalue weighted by Gasteiger charge is 2.32. The maximum absolute atomic E-state index is 10.7. The Morgan fingerprint density at radius 3 is 2.27 bits per heavy atom. The Morgan fingerprint density at radius 2 is 1.93 bits per heavy atom. The van der Waals surface area contributed by atoms with E-state index in [1.54, 1.807) is 0 Å². The molecule has 0 aromatic carbocycles. The minimum atomic E-state index is -1.73. The third kappa shape index (κ3) is 4.34. The van der Waals surface area contributed by atoms with Crippen LogP contribution in [0, 0.1) is 0 Å². The molecule has 0 aromatic heterocycles. The fraction of sp³-hybridized carbons (Fsp3) is 0.750. The third-order valence-electron chi connectivity index (χ3n) is 1.83.